The molecule has 31 heavy (non-hydrogen) atoms. The Morgan fingerprint density at radius 2 is 1.87 bits per heavy atom. The monoisotopic (exact) mass is 422 g/mol. The molecule has 6 nitrogen and oxygen atoms in total. The number of para-hydroxylation sites is 1. The number of methoxy groups -OCH3 is 2. The average molecular weight is 423 g/mol. The molecule has 0 saturated carbocycles. The van der Waals surface area contributed by atoms with E-state index in [0.717, 1.165) is 34.8 Å². The van der Waals surface area contributed by atoms with Gasteiger partial charge in [0.15, 0.2) is 6.10 Å². The normalized spacial score (nSPS) is 18.4. The first-order valence-electron chi connectivity index (χ1n) is 10.9. The van der Waals surface area contributed by atoms with Crippen LogP contribution >= 0.6 is 0 Å². The highest BCUT2D eigenvalue weighted by molar-refractivity contribution is 6.16. The highest BCUT2D eigenvalue weighted by Gasteiger charge is 2.34. The zero-order valence-corrected chi connectivity index (χ0v) is 18.4. The number of rotatable bonds is 6. The van der Waals surface area contributed by atoms with Crippen LogP contribution in [0.1, 0.15) is 37.9 Å². The largest absolute Gasteiger partial charge is 0.496 e. The molecule has 1 saturated heterocycles. The van der Waals surface area contributed by atoms with E-state index in [9.17, 15) is 4.79 Å². The number of carbonyl (C=O) groups excluding carboxylic acids is 1. The molecule has 0 radical (unpaired) electrons. The average Bonchev–Trinajstić information content (AvgIpc) is 3.17. The summed E-state index contributed by atoms with van der Waals surface area (Å²) < 4.78 is 17.6. The van der Waals surface area contributed by atoms with Crippen molar-refractivity contribution in [1.82, 2.24) is 10.2 Å². The van der Waals surface area contributed by atoms with E-state index in [2.05, 4.69) is 16.4 Å². The Labute approximate surface area is 183 Å². The lowest BCUT2D eigenvalue weighted by Crippen LogP contribution is -2.29. The van der Waals surface area contributed by atoms with Crippen LogP contribution in [-0.2, 0) is 4.79 Å². The quantitative estimate of drug-likeness (QED) is 0.775. The predicted molar refractivity (Wildman–Crippen MR) is 121 cm³/mol. The first-order chi connectivity index (χ1) is 15.2. The number of nitrogens with zero attached hydrogens (tertiary/aromatic N) is 1. The van der Waals surface area contributed by atoms with Gasteiger partial charge in [0.1, 0.15) is 17.2 Å². The third kappa shape index (κ3) is 4.20. The Bertz CT molecular complexity index is 1070. The van der Waals surface area contributed by atoms with Gasteiger partial charge in [0, 0.05) is 41.8 Å². The van der Waals surface area contributed by atoms with Crippen molar-refractivity contribution in [2.45, 2.75) is 32.3 Å². The molecule has 1 atom stereocenters. The molecule has 2 aromatic rings. The third-order valence-electron chi connectivity index (χ3n) is 5.84. The molecule has 4 rings (SSSR count). The van der Waals surface area contributed by atoms with E-state index in [0.29, 0.717) is 23.6 Å². The molecule has 164 valence electrons. The maximum absolute atomic E-state index is 13.1. The Morgan fingerprint density at radius 3 is 2.58 bits per heavy atom. The van der Waals surface area contributed by atoms with Crippen LogP contribution < -0.4 is 30.0 Å². The van der Waals surface area contributed by atoms with E-state index in [4.69, 9.17) is 14.2 Å². The molecule has 2 aromatic carbocycles. The SMILES string of the molecule is CCNC(=O)C1=c2cc(OC)c(=CN3CCCCC3)cc2OC1c1ccccc1OC. The van der Waals surface area contributed by atoms with Gasteiger partial charge in [-0.15, -0.1) is 0 Å². The van der Waals surface area contributed by atoms with Crippen molar-refractivity contribution in [3.8, 4) is 17.2 Å². The van der Waals surface area contributed by atoms with Crippen LogP contribution in [0.4, 0.5) is 0 Å². The molecular weight excluding hydrogens is 392 g/mol. The first-order valence-corrected chi connectivity index (χ1v) is 10.9. The summed E-state index contributed by atoms with van der Waals surface area (Å²) in [6.07, 6.45) is 5.27. The molecule has 0 spiro atoms. The van der Waals surface area contributed by atoms with E-state index >= 15 is 0 Å². The standard InChI is InChI=1S/C25H30N2O4/c1-4-26-25(28)23-19-15-21(30-3)17(16-27-12-8-5-9-13-27)14-22(19)31-24(23)18-10-6-7-11-20(18)29-2/h6-7,10-11,14-16,24H,4-5,8-9,12-13H2,1-3H3,(H,26,28). The molecule has 0 aromatic heterocycles. The number of fused-ring (bicyclic) bond motifs is 1. The predicted octanol–water partition coefficient (Wildman–Crippen LogP) is 2.35. The first kappa shape index (κ1) is 21.1. The van der Waals surface area contributed by atoms with Crippen LogP contribution in [0.25, 0.3) is 11.8 Å². The van der Waals surface area contributed by atoms with Crippen molar-refractivity contribution >= 4 is 17.7 Å². The number of carbonyl (C=O) groups is 1. The van der Waals surface area contributed by atoms with Crippen LogP contribution in [0.3, 0.4) is 0 Å². The molecule has 2 heterocycles. The van der Waals surface area contributed by atoms with E-state index in [-0.39, 0.29) is 5.91 Å². The number of amides is 1. The summed E-state index contributed by atoms with van der Waals surface area (Å²) in [6, 6.07) is 11.6. The minimum absolute atomic E-state index is 0.146. The third-order valence-corrected chi connectivity index (χ3v) is 5.84. The summed E-state index contributed by atoms with van der Waals surface area (Å²) in [5.41, 5.74) is 1.40. The number of hydrogen-bond donors (Lipinski definition) is 1. The van der Waals surface area contributed by atoms with Gasteiger partial charge < -0.3 is 24.4 Å². The molecule has 1 unspecified atom stereocenters. The Morgan fingerprint density at radius 1 is 1.13 bits per heavy atom. The van der Waals surface area contributed by atoms with Crippen molar-refractivity contribution in [3.05, 3.63) is 52.4 Å². The van der Waals surface area contributed by atoms with E-state index < -0.39 is 6.10 Å². The molecular formula is C25H30N2O4. The summed E-state index contributed by atoms with van der Waals surface area (Å²) >= 11 is 0. The van der Waals surface area contributed by atoms with Crippen LogP contribution in [0.15, 0.2) is 36.4 Å². The number of nitrogens with one attached hydrogen (secondary N) is 1. The second-order valence-electron chi connectivity index (χ2n) is 7.83. The Balaban J connectivity index is 1.86. The summed E-state index contributed by atoms with van der Waals surface area (Å²) in [7, 11) is 3.29. The van der Waals surface area contributed by atoms with Gasteiger partial charge in [-0.1, -0.05) is 18.2 Å². The van der Waals surface area contributed by atoms with Gasteiger partial charge in [0.25, 0.3) is 5.91 Å². The van der Waals surface area contributed by atoms with Crippen molar-refractivity contribution in [2.75, 3.05) is 33.9 Å². The molecule has 1 amide bonds. The van der Waals surface area contributed by atoms with Gasteiger partial charge in [-0.25, -0.2) is 0 Å². The number of ether oxygens (including phenoxy) is 3. The highest BCUT2D eigenvalue weighted by atomic mass is 16.5. The summed E-state index contributed by atoms with van der Waals surface area (Å²) in [4.78, 5) is 15.4. The molecule has 6 heteroatoms. The zero-order valence-electron chi connectivity index (χ0n) is 18.4. The summed E-state index contributed by atoms with van der Waals surface area (Å²) in [5, 5.41) is 4.65. The molecule has 2 aliphatic heterocycles. The van der Waals surface area contributed by atoms with Crippen molar-refractivity contribution in [3.63, 3.8) is 0 Å². The van der Waals surface area contributed by atoms with Crippen LogP contribution in [-0.4, -0.2) is 44.7 Å². The fraction of sp³-hybridized carbons (Fsp3) is 0.400. The van der Waals surface area contributed by atoms with Crippen molar-refractivity contribution < 1.29 is 19.0 Å². The minimum Gasteiger partial charge on any atom is -0.496 e. The smallest absolute Gasteiger partial charge is 0.252 e. The topological polar surface area (TPSA) is 60.0 Å². The summed E-state index contributed by atoms with van der Waals surface area (Å²) in [5.74, 6) is 1.96. The lowest BCUT2D eigenvalue weighted by molar-refractivity contribution is -0.116. The Hall–Kier alpha value is -3.15. The van der Waals surface area contributed by atoms with Gasteiger partial charge in [-0.2, -0.15) is 0 Å². The zero-order chi connectivity index (χ0) is 21.8. The second kappa shape index (κ2) is 9.33. The van der Waals surface area contributed by atoms with E-state index in [1.807, 2.05) is 43.3 Å². The number of hydrogen-bond acceptors (Lipinski definition) is 5. The Kier molecular flexibility index (Phi) is 6.35. The molecule has 1 N–H and O–H groups in total. The van der Waals surface area contributed by atoms with E-state index in [1.165, 1.54) is 19.3 Å². The van der Waals surface area contributed by atoms with E-state index in [1.54, 1.807) is 14.2 Å². The number of piperidine rings is 1. The number of likely N-dealkylation sites (tertiary alicyclic amines) is 1. The molecule has 2 aliphatic rings. The van der Waals surface area contributed by atoms with Gasteiger partial charge in [0.2, 0.25) is 0 Å². The number of benzene rings is 2. The second-order valence-corrected chi connectivity index (χ2v) is 7.83. The van der Waals surface area contributed by atoms with Crippen LogP contribution in [0.5, 0.6) is 17.2 Å². The van der Waals surface area contributed by atoms with Gasteiger partial charge in [-0.05, 0) is 44.4 Å². The maximum Gasteiger partial charge on any atom is 0.252 e. The van der Waals surface area contributed by atoms with Crippen molar-refractivity contribution in [1.29, 1.82) is 0 Å². The summed E-state index contributed by atoms with van der Waals surface area (Å²) in [6.45, 7) is 4.53. The van der Waals surface area contributed by atoms with Gasteiger partial charge in [0.05, 0.1) is 19.8 Å². The fourth-order valence-electron chi connectivity index (χ4n) is 4.33. The fourth-order valence-corrected chi connectivity index (χ4v) is 4.33. The lowest BCUT2D eigenvalue weighted by Gasteiger charge is -2.25. The maximum atomic E-state index is 13.1. The molecule has 0 bridgehead atoms. The van der Waals surface area contributed by atoms with Crippen molar-refractivity contribution in [2.24, 2.45) is 0 Å². The van der Waals surface area contributed by atoms with Gasteiger partial charge in [-0.3, -0.25) is 4.79 Å². The minimum atomic E-state index is -0.548. The lowest BCUT2D eigenvalue weighted by atomic mass is 9.99. The molecule has 0 aliphatic carbocycles. The van der Waals surface area contributed by atoms with Crippen LogP contribution in [0.2, 0.25) is 0 Å². The highest BCUT2D eigenvalue weighted by Crippen LogP contribution is 2.37. The van der Waals surface area contributed by atoms with Crippen LogP contribution in [0, 0.1) is 0 Å². The van der Waals surface area contributed by atoms with Gasteiger partial charge >= 0.3 is 0 Å². The molecule has 1 fully saturated rings.